The molecule has 0 amide bonds. The van der Waals surface area contributed by atoms with Crippen LogP contribution in [0.4, 0.5) is 0 Å². The van der Waals surface area contributed by atoms with Crippen LogP contribution in [0, 0.1) is 5.92 Å². The van der Waals surface area contributed by atoms with Gasteiger partial charge in [0.25, 0.3) is 0 Å². The Morgan fingerprint density at radius 2 is 2.13 bits per heavy atom. The number of hydrogen-bond acceptors (Lipinski definition) is 5. The molecule has 2 saturated heterocycles. The lowest BCUT2D eigenvalue weighted by Gasteiger charge is -2.41. The zero-order valence-corrected chi connectivity index (χ0v) is 14.8. The van der Waals surface area contributed by atoms with Gasteiger partial charge in [0.1, 0.15) is 0 Å². The maximum absolute atomic E-state index is 11.6. The zero-order valence-electron chi connectivity index (χ0n) is 14.0. The van der Waals surface area contributed by atoms with E-state index in [-0.39, 0.29) is 5.92 Å². The van der Waals surface area contributed by atoms with E-state index in [9.17, 15) is 9.90 Å². The molecule has 1 aromatic rings. The van der Waals surface area contributed by atoms with E-state index < -0.39 is 5.97 Å². The number of aliphatic carboxylic acids is 1. The molecule has 0 aliphatic carbocycles. The number of nitrogens with zero attached hydrogens (tertiary/aromatic N) is 3. The van der Waals surface area contributed by atoms with Crippen molar-refractivity contribution in [3.05, 3.63) is 22.4 Å². The first kappa shape index (κ1) is 16.9. The molecular weight excluding hydrogens is 310 g/mol. The van der Waals surface area contributed by atoms with Crippen LogP contribution in [-0.2, 0) is 11.3 Å². The van der Waals surface area contributed by atoms with Gasteiger partial charge in [0.15, 0.2) is 0 Å². The molecule has 0 spiro atoms. The van der Waals surface area contributed by atoms with E-state index in [0.717, 1.165) is 32.7 Å². The minimum atomic E-state index is -0.656. The van der Waals surface area contributed by atoms with Gasteiger partial charge in [-0.25, -0.2) is 0 Å². The number of piperazine rings is 1. The molecule has 2 aliphatic heterocycles. The van der Waals surface area contributed by atoms with Crippen LogP contribution in [0.1, 0.15) is 19.4 Å². The molecule has 2 fully saturated rings. The van der Waals surface area contributed by atoms with Gasteiger partial charge in [-0.3, -0.25) is 19.5 Å². The summed E-state index contributed by atoms with van der Waals surface area (Å²) in [6.45, 7) is 10.7. The second kappa shape index (κ2) is 7.30. The Kier molecular flexibility index (Phi) is 5.36. The molecule has 1 N–H and O–H groups in total. The van der Waals surface area contributed by atoms with Crippen LogP contribution in [0.2, 0.25) is 0 Å². The monoisotopic (exact) mass is 337 g/mol. The van der Waals surface area contributed by atoms with E-state index >= 15 is 0 Å². The first-order valence-electron chi connectivity index (χ1n) is 8.47. The Morgan fingerprint density at radius 1 is 1.30 bits per heavy atom. The van der Waals surface area contributed by atoms with Crippen molar-refractivity contribution in [3.8, 4) is 0 Å². The van der Waals surface area contributed by atoms with Crippen molar-refractivity contribution in [2.45, 2.75) is 32.5 Å². The predicted octanol–water partition coefficient (Wildman–Crippen LogP) is 1.66. The summed E-state index contributed by atoms with van der Waals surface area (Å²) in [6, 6.07) is 3.03. The molecule has 128 valence electrons. The van der Waals surface area contributed by atoms with Gasteiger partial charge in [0.05, 0.1) is 5.92 Å². The predicted molar refractivity (Wildman–Crippen MR) is 92.8 cm³/mol. The van der Waals surface area contributed by atoms with E-state index in [1.807, 2.05) is 0 Å². The third kappa shape index (κ3) is 4.12. The second-order valence-corrected chi connectivity index (χ2v) is 7.88. The fourth-order valence-electron chi connectivity index (χ4n) is 3.70. The van der Waals surface area contributed by atoms with Crippen molar-refractivity contribution >= 4 is 17.3 Å². The van der Waals surface area contributed by atoms with Crippen LogP contribution in [-0.4, -0.2) is 77.1 Å². The summed E-state index contributed by atoms with van der Waals surface area (Å²) < 4.78 is 0. The molecule has 23 heavy (non-hydrogen) atoms. The normalized spacial score (nSPS) is 27.8. The van der Waals surface area contributed by atoms with Crippen molar-refractivity contribution in [1.29, 1.82) is 0 Å². The smallest absolute Gasteiger partial charge is 0.309 e. The maximum Gasteiger partial charge on any atom is 0.309 e. The largest absolute Gasteiger partial charge is 0.481 e. The van der Waals surface area contributed by atoms with Gasteiger partial charge >= 0.3 is 5.97 Å². The Morgan fingerprint density at radius 3 is 2.78 bits per heavy atom. The van der Waals surface area contributed by atoms with E-state index in [1.54, 1.807) is 11.3 Å². The maximum atomic E-state index is 11.6. The summed E-state index contributed by atoms with van der Waals surface area (Å²) in [5.41, 5.74) is 1.39. The molecule has 3 rings (SSSR count). The van der Waals surface area contributed by atoms with Crippen LogP contribution in [0.15, 0.2) is 16.8 Å². The number of rotatable bonds is 4. The summed E-state index contributed by atoms with van der Waals surface area (Å²) in [5.74, 6) is -0.928. The molecule has 3 heterocycles. The van der Waals surface area contributed by atoms with Crippen LogP contribution in [0.3, 0.4) is 0 Å². The van der Waals surface area contributed by atoms with Crippen molar-refractivity contribution in [3.63, 3.8) is 0 Å². The van der Waals surface area contributed by atoms with Gasteiger partial charge < -0.3 is 5.11 Å². The van der Waals surface area contributed by atoms with E-state index in [2.05, 4.69) is 45.4 Å². The molecule has 2 atom stereocenters. The van der Waals surface area contributed by atoms with Gasteiger partial charge in [-0.2, -0.15) is 11.3 Å². The zero-order chi connectivity index (χ0) is 16.4. The quantitative estimate of drug-likeness (QED) is 0.905. The number of fused-ring (bicyclic) bond motifs is 1. The molecular formula is C17H27N3O2S. The molecule has 0 unspecified atom stereocenters. The average molecular weight is 337 g/mol. The molecule has 1 aromatic heterocycles. The highest BCUT2D eigenvalue weighted by atomic mass is 32.1. The number of thiophene rings is 1. The van der Waals surface area contributed by atoms with Crippen LogP contribution in [0.5, 0.6) is 0 Å². The average Bonchev–Trinajstić information content (AvgIpc) is 2.92. The molecule has 6 heteroatoms. The molecule has 0 saturated carbocycles. The first-order chi connectivity index (χ1) is 11.0. The first-order valence-corrected chi connectivity index (χ1v) is 9.41. The van der Waals surface area contributed by atoms with E-state index in [0.29, 0.717) is 25.2 Å². The van der Waals surface area contributed by atoms with Gasteiger partial charge in [0.2, 0.25) is 0 Å². The molecule has 0 bridgehead atoms. The highest BCUT2D eigenvalue weighted by Gasteiger charge is 2.36. The number of hydrogen-bond donors (Lipinski definition) is 1. The number of carboxylic acids is 1. The number of carboxylic acid groups (broad SMARTS) is 1. The van der Waals surface area contributed by atoms with Crippen molar-refractivity contribution < 1.29 is 9.90 Å². The van der Waals surface area contributed by atoms with Crippen molar-refractivity contribution in [1.82, 2.24) is 14.7 Å². The molecule has 5 nitrogen and oxygen atoms in total. The Balaban J connectivity index is 1.68. The topological polar surface area (TPSA) is 47.0 Å². The summed E-state index contributed by atoms with van der Waals surface area (Å²) >= 11 is 1.75. The third-order valence-corrected chi connectivity index (χ3v) is 5.84. The Bertz CT molecular complexity index is 520. The van der Waals surface area contributed by atoms with Gasteiger partial charge in [-0.15, -0.1) is 0 Å². The van der Waals surface area contributed by atoms with Crippen molar-refractivity contribution in [2.75, 3.05) is 39.3 Å². The fourth-order valence-corrected chi connectivity index (χ4v) is 4.36. The fraction of sp³-hybridized carbons (Fsp3) is 0.706. The molecule has 0 aromatic carbocycles. The highest BCUT2D eigenvalue weighted by molar-refractivity contribution is 7.07. The molecule has 0 radical (unpaired) electrons. The van der Waals surface area contributed by atoms with Crippen LogP contribution in [0.25, 0.3) is 0 Å². The summed E-state index contributed by atoms with van der Waals surface area (Å²) in [6.07, 6.45) is 0. The minimum Gasteiger partial charge on any atom is -0.481 e. The Hall–Kier alpha value is -0.950. The minimum absolute atomic E-state index is 0.272. The lowest BCUT2D eigenvalue weighted by molar-refractivity contribution is -0.142. The van der Waals surface area contributed by atoms with Crippen molar-refractivity contribution in [2.24, 2.45) is 5.92 Å². The number of carbonyl (C=O) groups is 1. The Labute approximate surface area is 142 Å². The van der Waals surface area contributed by atoms with Gasteiger partial charge in [-0.1, -0.05) is 0 Å². The van der Waals surface area contributed by atoms with Gasteiger partial charge in [0, 0.05) is 57.9 Å². The summed E-state index contributed by atoms with van der Waals surface area (Å²) in [7, 11) is 0. The molecule has 2 aliphatic rings. The third-order valence-electron chi connectivity index (χ3n) is 5.11. The van der Waals surface area contributed by atoms with Gasteiger partial charge in [-0.05, 0) is 36.2 Å². The summed E-state index contributed by atoms with van der Waals surface area (Å²) in [5, 5.41) is 13.9. The SMILES string of the molecule is CC(C)N1C[C@@H](C(=O)O)CN2CCN(Cc3ccsc3)C[C@@H]2C1. The van der Waals surface area contributed by atoms with E-state index in [1.165, 1.54) is 5.56 Å². The second-order valence-electron chi connectivity index (χ2n) is 7.10. The lowest BCUT2D eigenvalue weighted by Crippen LogP contribution is -2.56. The lowest BCUT2D eigenvalue weighted by atomic mass is 10.1. The standard InChI is InChI=1S/C17H27N3O2S/c1-13(2)20-9-15(17(21)22)8-19-5-4-18(10-16(19)11-20)7-14-3-6-23-12-14/h3,6,12-13,15-16H,4-5,7-11H2,1-2H3,(H,21,22)/t15-,16+/m0/s1. The van der Waals surface area contributed by atoms with Crippen LogP contribution >= 0.6 is 11.3 Å². The highest BCUT2D eigenvalue weighted by Crippen LogP contribution is 2.22. The summed E-state index contributed by atoms with van der Waals surface area (Å²) in [4.78, 5) is 18.8. The van der Waals surface area contributed by atoms with E-state index in [4.69, 9.17) is 0 Å². The van der Waals surface area contributed by atoms with Crippen LogP contribution < -0.4 is 0 Å².